The number of likely N-dealkylation sites (tertiary alicyclic amines) is 1. The molecular formula is C22H31N3O3. The number of hydrogen-bond acceptors (Lipinski definition) is 5. The Bertz CT molecular complexity index is 675. The highest BCUT2D eigenvalue weighted by atomic mass is 16.5. The monoisotopic (exact) mass is 385 g/mol. The van der Waals surface area contributed by atoms with Gasteiger partial charge in [-0.05, 0) is 5.56 Å². The number of hydrogen-bond donors (Lipinski definition) is 1. The average molecular weight is 386 g/mol. The third-order valence-electron chi connectivity index (χ3n) is 6.19. The van der Waals surface area contributed by atoms with Crippen molar-refractivity contribution in [1.82, 2.24) is 15.1 Å². The fraction of sp³-hybridized carbons (Fsp3) is 0.591. The first kappa shape index (κ1) is 19.6. The van der Waals surface area contributed by atoms with E-state index in [2.05, 4.69) is 39.4 Å². The van der Waals surface area contributed by atoms with Gasteiger partial charge in [0, 0.05) is 51.7 Å². The minimum Gasteiger partial charge on any atom is -0.380 e. The number of carbonyl (C=O) groups is 1. The molecule has 1 aromatic carbocycles. The molecule has 1 N–H and O–H groups in total. The number of nitrogens with one attached hydrogen (secondary N) is 1. The number of amides is 1. The molecule has 28 heavy (non-hydrogen) atoms. The molecule has 0 aliphatic carbocycles. The second-order valence-corrected chi connectivity index (χ2v) is 8.09. The molecule has 0 spiro atoms. The molecule has 3 aliphatic heterocycles. The Labute approximate surface area is 167 Å². The molecule has 0 saturated carbocycles. The van der Waals surface area contributed by atoms with Crippen molar-refractivity contribution in [3.8, 4) is 0 Å². The van der Waals surface area contributed by atoms with Crippen LogP contribution < -0.4 is 5.32 Å². The molecule has 6 nitrogen and oxygen atoms in total. The summed E-state index contributed by atoms with van der Waals surface area (Å²) in [6, 6.07) is 10.3. The van der Waals surface area contributed by atoms with Crippen LogP contribution in [0.3, 0.4) is 0 Å². The van der Waals surface area contributed by atoms with Crippen LogP contribution in [0.1, 0.15) is 5.56 Å². The summed E-state index contributed by atoms with van der Waals surface area (Å²) in [6.07, 6.45) is 4.35. The van der Waals surface area contributed by atoms with E-state index in [1.165, 1.54) is 5.56 Å². The normalized spacial score (nSPS) is 28.6. The second-order valence-electron chi connectivity index (χ2n) is 8.09. The quantitative estimate of drug-likeness (QED) is 0.762. The van der Waals surface area contributed by atoms with E-state index in [1.54, 1.807) is 0 Å². The minimum atomic E-state index is -0.383. The topological polar surface area (TPSA) is 54.0 Å². The van der Waals surface area contributed by atoms with Crippen LogP contribution >= 0.6 is 0 Å². The fourth-order valence-electron chi connectivity index (χ4n) is 4.53. The van der Waals surface area contributed by atoms with E-state index in [0.717, 1.165) is 52.5 Å². The van der Waals surface area contributed by atoms with Gasteiger partial charge in [0.05, 0.1) is 31.8 Å². The zero-order valence-corrected chi connectivity index (χ0v) is 16.5. The standard InChI is InChI=1S/C22H31N3O3/c26-21(23-8-10-24-11-13-27-14-12-24)22-17-25(15-20(22)16-28-18-22)9-4-7-19-5-2-1-3-6-19/h1-7,20H,8-18H2,(H,23,26)/b7-4+/t20-,22-/m1/s1. The Hall–Kier alpha value is -1.73. The van der Waals surface area contributed by atoms with Crippen LogP contribution in [0.2, 0.25) is 0 Å². The van der Waals surface area contributed by atoms with Crippen LogP contribution in [-0.4, -0.2) is 87.9 Å². The summed E-state index contributed by atoms with van der Waals surface area (Å²) in [5.41, 5.74) is 0.826. The Morgan fingerprint density at radius 3 is 2.82 bits per heavy atom. The predicted octanol–water partition coefficient (Wildman–Crippen LogP) is 1.10. The van der Waals surface area contributed by atoms with E-state index < -0.39 is 0 Å². The molecule has 1 amide bonds. The van der Waals surface area contributed by atoms with Crippen molar-refractivity contribution in [2.24, 2.45) is 11.3 Å². The van der Waals surface area contributed by atoms with Gasteiger partial charge in [-0.2, -0.15) is 0 Å². The molecule has 0 aromatic heterocycles. The maximum Gasteiger partial charge on any atom is 0.230 e. The number of rotatable bonds is 7. The maximum atomic E-state index is 13.1. The number of morpholine rings is 1. The highest BCUT2D eigenvalue weighted by molar-refractivity contribution is 5.84. The van der Waals surface area contributed by atoms with Gasteiger partial charge < -0.3 is 14.8 Å². The van der Waals surface area contributed by atoms with Gasteiger partial charge in [0.2, 0.25) is 5.91 Å². The van der Waals surface area contributed by atoms with Gasteiger partial charge >= 0.3 is 0 Å². The number of fused-ring (bicyclic) bond motifs is 1. The Kier molecular flexibility index (Phi) is 6.42. The lowest BCUT2D eigenvalue weighted by Gasteiger charge is -2.29. The summed E-state index contributed by atoms with van der Waals surface area (Å²) in [7, 11) is 0. The predicted molar refractivity (Wildman–Crippen MR) is 109 cm³/mol. The van der Waals surface area contributed by atoms with Crippen molar-refractivity contribution in [1.29, 1.82) is 0 Å². The van der Waals surface area contributed by atoms with Crippen molar-refractivity contribution in [3.05, 3.63) is 42.0 Å². The highest BCUT2D eigenvalue weighted by Crippen LogP contribution is 2.41. The lowest BCUT2D eigenvalue weighted by molar-refractivity contribution is -0.131. The Balaban J connectivity index is 1.28. The van der Waals surface area contributed by atoms with Crippen LogP contribution in [-0.2, 0) is 14.3 Å². The van der Waals surface area contributed by atoms with E-state index in [-0.39, 0.29) is 11.3 Å². The molecule has 3 saturated heterocycles. The van der Waals surface area contributed by atoms with Gasteiger partial charge in [-0.3, -0.25) is 14.6 Å². The first-order valence-electron chi connectivity index (χ1n) is 10.4. The molecule has 0 unspecified atom stereocenters. The van der Waals surface area contributed by atoms with Crippen molar-refractivity contribution in [2.45, 2.75) is 0 Å². The van der Waals surface area contributed by atoms with Gasteiger partial charge in [-0.1, -0.05) is 42.5 Å². The summed E-state index contributed by atoms with van der Waals surface area (Å²) in [5.74, 6) is 0.457. The van der Waals surface area contributed by atoms with Crippen molar-refractivity contribution < 1.29 is 14.3 Å². The SMILES string of the molecule is O=C(NCCN1CCOCC1)[C@]12COC[C@H]1CN(C/C=C/c1ccccc1)C2. The van der Waals surface area contributed by atoms with Crippen molar-refractivity contribution >= 4 is 12.0 Å². The molecule has 6 heteroatoms. The molecule has 3 heterocycles. The van der Waals surface area contributed by atoms with Crippen LogP contribution in [0.15, 0.2) is 36.4 Å². The Morgan fingerprint density at radius 1 is 1.18 bits per heavy atom. The zero-order valence-electron chi connectivity index (χ0n) is 16.5. The van der Waals surface area contributed by atoms with Gasteiger partial charge in [0.15, 0.2) is 0 Å². The average Bonchev–Trinajstić information content (AvgIpc) is 3.28. The molecular weight excluding hydrogens is 354 g/mol. The highest BCUT2D eigenvalue weighted by Gasteiger charge is 2.55. The third kappa shape index (κ3) is 4.46. The van der Waals surface area contributed by atoms with Gasteiger partial charge in [0.1, 0.15) is 0 Å². The van der Waals surface area contributed by atoms with Crippen LogP contribution in [0.4, 0.5) is 0 Å². The third-order valence-corrected chi connectivity index (χ3v) is 6.19. The fourth-order valence-corrected chi connectivity index (χ4v) is 4.53. The molecule has 2 atom stereocenters. The van der Waals surface area contributed by atoms with E-state index in [1.807, 2.05) is 18.2 Å². The van der Waals surface area contributed by atoms with Crippen molar-refractivity contribution in [2.75, 3.05) is 72.2 Å². The van der Waals surface area contributed by atoms with Crippen molar-refractivity contribution in [3.63, 3.8) is 0 Å². The van der Waals surface area contributed by atoms with Crippen LogP contribution in [0.5, 0.6) is 0 Å². The van der Waals surface area contributed by atoms with Crippen LogP contribution in [0, 0.1) is 11.3 Å². The lowest BCUT2D eigenvalue weighted by Crippen LogP contribution is -2.49. The van der Waals surface area contributed by atoms with E-state index in [0.29, 0.717) is 25.7 Å². The summed E-state index contributed by atoms with van der Waals surface area (Å²) in [4.78, 5) is 17.8. The maximum absolute atomic E-state index is 13.1. The summed E-state index contributed by atoms with van der Waals surface area (Å²) in [5, 5.41) is 3.19. The number of benzene rings is 1. The van der Waals surface area contributed by atoms with Gasteiger partial charge in [-0.15, -0.1) is 0 Å². The van der Waals surface area contributed by atoms with E-state index >= 15 is 0 Å². The lowest BCUT2D eigenvalue weighted by atomic mass is 9.80. The molecule has 4 rings (SSSR count). The summed E-state index contributed by atoms with van der Waals surface area (Å²) >= 11 is 0. The molecule has 0 bridgehead atoms. The molecule has 152 valence electrons. The van der Waals surface area contributed by atoms with E-state index in [4.69, 9.17) is 9.47 Å². The number of ether oxygens (including phenoxy) is 2. The van der Waals surface area contributed by atoms with Crippen LogP contribution in [0.25, 0.3) is 6.08 Å². The zero-order chi connectivity index (χ0) is 19.2. The first-order valence-corrected chi connectivity index (χ1v) is 10.4. The number of nitrogens with zero attached hydrogens (tertiary/aromatic N) is 2. The first-order chi connectivity index (χ1) is 13.8. The van der Waals surface area contributed by atoms with Gasteiger partial charge in [-0.25, -0.2) is 0 Å². The summed E-state index contributed by atoms with van der Waals surface area (Å²) in [6.45, 7) is 8.88. The molecule has 0 radical (unpaired) electrons. The number of carbonyl (C=O) groups excluding carboxylic acids is 1. The smallest absolute Gasteiger partial charge is 0.230 e. The Morgan fingerprint density at radius 2 is 2.00 bits per heavy atom. The summed E-state index contributed by atoms with van der Waals surface area (Å²) < 4.78 is 11.1. The largest absolute Gasteiger partial charge is 0.380 e. The molecule has 3 aliphatic rings. The molecule has 3 fully saturated rings. The van der Waals surface area contributed by atoms with Gasteiger partial charge in [0.25, 0.3) is 0 Å². The minimum absolute atomic E-state index is 0.165. The molecule has 1 aromatic rings. The van der Waals surface area contributed by atoms with E-state index in [9.17, 15) is 4.79 Å². The second kappa shape index (κ2) is 9.18.